The van der Waals surface area contributed by atoms with Gasteiger partial charge < -0.3 is 10.1 Å². The second-order valence-electron chi connectivity index (χ2n) is 9.07. The molecule has 4 aromatic rings. The standard InChI is InChI=1S/C30H28ClF2N3O4S.ClH/c31-24-9-12-26(13-10-24)41(38,39)36(28-19-25(32)11-14-27(28)33)17-15-23-6-1-2-7-29(23)40-18-4-8-30(37)35-21-22-5-3-16-34-20-22;/h1-3,5-7,9-14,16,19-20H,4,8,15,17-18,21H2,(H,35,37);1H. The molecule has 42 heavy (non-hydrogen) atoms. The maximum absolute atomic E-state index is 14.8. The van der Waals surface area contributed by atoms with Crippen molar-refractivity contribution in [2.24, 2.45) is 0 Å². The van der Waals surface area contributed by atoms with E-state index in [2.05, 4.69) is 10.3 Å². The van der Waals surface area contributed by atoms with E-state index in [1.165, 1.54) is 24.3 Å². The Morgan fingerprint density at radius 2 is 1.76 bits per heavy atom. The number of carbonyl (C=O) groups is 1. The van der Waals surface area contributed by atoms with Crippen molar-refractivity contribution >= 4 is 45.6 Å². The third-order valence-electron chi connectivity index (χ3n) is 6.15. The Balaban J connectivity index is 0.00000484. The fourth-order valence-electron chi connectivity index (χ4n) is 4.06. The zero-order valence-corrected chi connectivity index (χ0v) is 24.8. The zero-order valence-electron chi connectivity index (χ0n) is 22.4. The van der Waals surface area contributed by atoms with Crippen molar-refractivity contribution in [1.82, 2.24) is 10.3 Å². The number of halogens is 4. The first-order valence-electron chi connectivity index (χ1n) is 12.8. The molecule has 0 spiro atoms. The summed E-state index contributed by atoms with van der Waals surface area (Å²) in [4.78, 5) is 16.1. The Kier molecular flexibility index (Phi) is 12.1. The van der Waals surface area contributed by atoms with Gasteiger partial charge in [0.25, 0.3) is 10.0 Å². The Morgan fingerprint density at radius 1 is 1.00 bits per heavy atom. The number of rotatable bonds is 13. The van der Waals surface area contributed by atoms with Crippen molar-refractivity contribution in [3.63, 3.8) is 0 Å². The van der Waals surface area contributed by atoms with Crippen LogP contribution in [0.4, 0.5) is 14.5 Å². The van der Waals surface area contributed by atoms with Crippen LogP contribution < -0.4 is 14.4 Å². The van der Waals surface area contributed by atoms with Crippen molar-refractivity contribution < 1.29 is 26.7 Å². The van der Waals surface area contributed by atoms with Crippen molar-refractivity contribution in [2.75, 3.05) is 17.5 Å². The van der Waals surface area contributed by atoms with Gasteiger partial charge in [-0.1, -0.05) is 35.9 Å². The number of anilines is 1. The average molecular weight is 637 g/mol. The summed E-state index contributed by atoms with van der Waals surface area (Å²) >= 11 is 5.92. The minimum absolute atomic E-state index is 0. The number of nitrogens with zero attached hydrogens (tertiary/aromatic N) is 2. The molecule has 0 atom stereocenters. The lowest BCUT2D eigenvalue weighted by atomic mass is 10.1. The molecule has 0 aliphatic rings. The van der Waals surface area contributed by atoms with E-state index in [1.807, 2.05) is 6.07 Å². The first-order chi connectivity index (χ1) is 19.7. The number of para-hydroxylation sites is 1. The molecule has 1 heterocycles. The highest BCUT2D eigenvalue weighted by Crippen LogP contribution is 2.29. The zero-order chi connectivity index (χ0) is 29.2. The van der Waals surface area contributed by atoms with E-state index in [-0.39, 0.29) is 49.2 Å². The Bertz CT molecular complexity index is 1580. The summed E-state index contributed by atoms with van der Waals surface area (Å²) in [5.41, 5.74) is 1.16. The summed E-state index contributed by atoms with van der Waals surface area (Å²) in [7, 11) is -4.27. The van der Waals surface area contributed by atoms with Gasteiger partial charge in [0, 0.05) is 43.0 Å². The number of hydrogen-bond acceptors (Lipinski definition) is 5. The Hall–Kier alpha value is -3.73. The van der Waals surface area contributed by atoms with Gasteiger partial charge in [0.1, 0.15) is 17.4 Å². The number of benzene rings is 3. The highest BCUT2D eigenvalue weighted by molar-refractivity contribution is 7.92. The van der Waals surface area contributed by atoms with E-state index in [0.717, 1.165) is 28.1 Å². The van der Waals surface area contributed by atoms with Gasteiger partial charge in [0.05, 0.1) is 17.2 Å². The molecule has 3 aromatic carbocycles. The first kappa shape index (κ1) is 32.8. The average Bonchev–Trinajstić information content (AvgIpc) is 2.97. The number of sulfonamides is 1. The normalized spacial score (nSPS) is 10.9. The SMILES string of the molecule is Cl.O=C(CCCOc1ccccc1CCN(c1cc(F)ccc1F)S(=O)(=O)c1ccc(Cl)cc1)NCc1cccnc1. The van der Waals surface area contributed by atoms with Crippen molar-refractivity contribution in [2.45, 2.75) is 30.7 Å². The van der Waals surface area contributed by atoms with Gasteiger partial charge in [-0.3, -0.25) is 14.1 Å². The van der Waals surface area contributed by atoms with Crippen LogP contribution in [0, 0.1) is 11.6 Å². The molecule has 12 heteroatoms. The maximum Gasteiger partial charge on any atom is 0.264 e. The van der Waals surface area contributed by atoms with Gasteiger partial charge in [0.15, 0.2) is 0 Å². The largest absolute Gasteiger partial charge is 0.493 e. The number of nitrogens with one attached hydrogen (secondary N) is 1. The third kappa shape index (κ3) is 8.88. The topological polar surface area (TPSA) is 88.6 Å². The molecule has 0 fully saturated rings. The van der Waals surface area contributed by atoms with Gasteiger partial charge in [-0.05, 0) is 72.5 Å². The highest BCUT2D eigenvalue weighted by Gasteiger charge is 2.28. The Morgan fingerprint density at radius 3 is 2.50 bits per heavy atom. The van der Waals surface area contributed by atoms with Crippen LogP contribution in [-0.2, 0) is 27.8 Å². The predicted octanol–water partition coefficient (Wildman–Crippen LogP) is 6.35. The summed E-state index contributed by atoms with van der Waals surface area (Å²) in [6.07, 6.45) is 4.21. The molecule has 0 radical (unpaired) electrons. The molecule has 0 saturated carbocycles. The van der Waals surface area contributed by atoms with Crippen LogP contribution in [0.25, 0.3) is 0 Å². The molecule has 1 N–H and O–H groups in total. The van der Waals surface area contributed by atoms with E-state index >= 15 is 0 Å². The van der Waals surface area contributed by atoms with Crippen molar-refractivity contribution in [3.8, 4) is 5.75 Å². The molecule has 4 rings (SSSR count). The van der Waals surface area contributed by atoms with Gasteiger partial charge in [-0.2, -0.15) is 0 Å². The monoisotopic (exact) mass is 635 g/mol. The van der Waals surface area contributed by atoms with Crippen LogP contribution >= 0.6 is 24.0 Å². The molecule has 0 aliphatic carbocycles. The third-order valence-corrected chi connectivity index (χ3v) is 8.23. The summed E-state index contributed by atoms with van der Waals surface area (Å²) in [6, 6.07) is 18.8. The van der Waals surface area contributed by atoms with Crippen molar-refractivity contribution in [1.29, 1.82) is 0 Å². The van der Waals surface area contributed by atoms with Crippen LogP contribution in [0.5, 0.6) is 5.75 Å². The number of carbonyl (C=O) groups excluding carboxylic acids is 1. The van der Waals surface area contributed by atoms with Crippen LogP contribution in [-0.4, -0.2) is 32.5 Å². The molecular formula is C30H29Cl2F2N3O4S. The number of aromatic nitrogens is 1. The quantitative estimate of drug-likeness (QED) is 0.173. The van der Waals surface area contributed by atoms with Crippen molar-refractivity contribution in [3.05, 3.63) is 119 Å². The summed E-state index contributed by atoms with van der Waals surface area (Å²) in [5.74, 6) is -1.26. The fraction of sp³-hybridized carbons (Fsp3) is 0.200. The van der Waals surface area contributed by atoms with E-state index in [0.29, 0.717) is 29.3 Å². The molecular weight excluding hydrogens is 607 g/mol. The van der Waals surface area contributed by atoms with Gasteiger partial charge in [0.2, 0.25) is 5.91 Å². The second kappa shape index (κ2) is 15.5. The maximum atomic E-state index is 14.8. The van der Waals surface area contributed by atoms with Crippen LogP contribution in [0.2, 0.25) is 5.02 Å². The second-order valence-corrected chi connectivity index (χ2v) is 11.4. The highest BCUT2D eigenvalue weighted by atomic mass is 35.5. The molecule has 0 saturated heterocycles. The lowest BCUT2D eigenvalue weighted by molar-refractivity contribution is -0.121. The molecule has 1 aromatic heterocycles. The first-order valence-corrected chi connectivity index (χ1v) is 14.7. The molecule has 0 bridgehead atoms. The van der Waals surface area contributed by atoms with E-state index in [9.17, 15) is 22.0 Å². The number of ether oxygens (including phenoxy) is 1. The predicted molar refractivity (Wildman–Crippen MR) is 161 cm³/mol. The minimum atomic E-state index is -4.27. The summed E-state index contributed by atoms with van der Waals surface area (Å²) < 4.78 is 62.7. The van der Waals surface area contributed by atoms with E-state index in [1.54, 1.807) is 42.7 Å². The molecule has 222 valence electrons. The van der Waals surface area contributed by atoms with Gasteiger partial charge in [-0.25, -0.2) is 17.2 Å². The smallest absolute Gasteiger partial charge is 0.264 e. The summed E-state index contributed by atoms with van der Waals surface area (Å²) in [6.45, 7) is 0.447. The fourth-order valence-corrected chi connectivity index (χ4v) is 5.65. The van der Waals surface area contributed by atoms with E-state index in [4.69, 9.17) is 16.3 Å². The number of pyridine rings is 1. The minimum Gasteiger partial charge on any atom is -0.493 e. The van der Waals surface area contributed by atoms with Crippen LogP contribution in [0.1, 0.15) is 24.0 Å². The molecule has 1 amide bonds. The molecule has 0 aliphatic heterocycles. The number of amides is 1. The number of hydrogen-bond donors (Lipinski definition) is 1. The van der Waals surface area contributed by atoms with Gasteiger partial charge in [-0.15, -0.1) is 12.4 Å². The lowest BCUT2D eigenvalue weighted by Crippen LogP contribution is -2.34. The lowest BCUT2D eigenvalue weighted by Gasteiger charge is -2.25. The summed E-state index contributed by atoms with van der Waals surface area (Å²) in [5, 5.41) is 3.17. The van der Waals surface area contributed by atoms with Gasteiger partial charge >= 0.3 is 0 Å². The van der Waals surface area contributed by atoms with Crippen LogP contribution in [0.15, 0.2) is 96.2 Å². The Labute approximate surface area is 255 Å². The molecule has 7 nitrogen and oxygen atoms in total. The van der Waals surface area contributed by atoms with Crippen LogP contribution in [0.3, 0.4) is 0 Å². The van der Waals surface area contributed by atoms with E-state index < -0.39 is 27.3 Å². The molecule has 0 unspecified atom stereocenters.